The predicted octanol–water partition coefficient (Wildman–Crippen LogP) is -7.40. The van der Waals surface area contributed by atoms with Gasteiger partial charge in [-0.25, -0.2) is 4.98 Å². The largest absolute Gasteiger partial charge is 0.481 e. The van der Waals surface area contributed by atoms with Gasteiger partial charge in [0.25, 0.3) is 0 Å². The number of carbonyl (C=O) groups excluding carboxylic acids is 13. The van der Waals surface area contributed by atoms with E-state index in [2.05, 4.69) is 73.4 Å². The van der Waals surface area contributed by atoms with Crippen molar-refractivity contribution in [3.63, 3.8) is 0 Å². The van der Waals surface area contributed by atoms with E-state index in [-0.39, 0.29) is 50.5 Å². The second-order valence-corrected chi connectivity index (χ2v) is 23.5. The van der Waals surface area contributed by atoms with Crippen molar-refractivity contribution in [2.24, 2.45) is 45.5 Å². The quantitative estimate of drug-likeness (QED) is 0.0166. The summed E-state index contributed by atoms with van der Waals surface area (Å²) in [5.74, 6) is -20.3. The minimum Gasteiger partial charge on any atom is -0.481 e. The van der Waals surface area contributed by atoms with Crippen LogP contribution >= 0.6 is 0 Å². The number of aromatic nitrogens is 2. The van der Waals surface area contributed by atoms with Crippen LogP contribution in [-0.4, -0.2) is 217 Å². The summed E-state index contributed by atoms with van der Waals surface area (Å²) in [6.07, 6.45) is -2.30. The molecule has 0 aliphatic carbocycles. The molecular weight excluding hydrogens is 1310 g/mol. The number of aliphatic hydroxyl groups is 1. The second-order valence-electron chi connectivity index (χ2n) is 23.5. The molecule has 1 aromatic carbocycles. The van der Waals surface area contributed by atoms with E-state index in [1.807, 2.05) is 0 Å². The first kappa shape index (κ1) is 84.2. The van der Waals surface area contributed by atoms with Crippen molar-refractivity contribution in [3.05, 3.63) is 54.1 Å². The highest BCUT2D eigenvalue weighted by Crippen LogP contribution is 2.13. The van der Waals surface area contributed by atoms with Crippen molar-refractivity contribution in [3.8, 4) is 0 Å². The number of carboxylic acid groups (broad SMARTS) is 3. The Morgan fingerprint density at radius 2 is 0.949 bits per heavy atom. The van der Waals surface area contributed by atoms with Crippen LogP contribution in [-0.2, 0) is 89.6 Å². The molecule has 99 heavy (non-hydrogen) atoms. The first-order chi connectivity index (χ1) is 46.5. The van der Waals surface area contributed by atoms with E-state index in [0.717, 1.165) is 6.92 Å². The fourth-order valence-electron chi connectivity index (χ4n) is 9.23. The number of imidazole rings is 1. The molecule has 0 saturated carbocycles. The Morgan fingerprint density at radius 1 is 0.495 bits per heavy atom. The van der Waals surface area contributed by atoms with Crippen LogP contribution in [0.25, 0.3) is 0 Å². The zero-order chi connectivity index (χ0) is 74.8. The van der Waals surface area contributed by atoms with Crippen molar-refractivity contribution in [1.82, 2.24) is 68.5 Å². The van der Waals surface area contributed by atoms with E-state index in [1.165, 1.54) is 33.3 Å². The Labute approximate surface area is 568 Å². The number of aliphatic hydroxyl groups excluding tert-OH is 1. The number of benzene rings is 1. The molecule has 1 aromatic heterocycles. The standard InChI is InChI=1S/C60H93N19O20/c1-7-29(5)46(62)58(98)78-41(26-80)57(97)73-36(17-19-44(84)85)53(93)79-47(28(3)4)59(99)77-39(23-42(61)81)56(96)70-33(8-2)50(90)76-40(24-45(86)87)54(94)69-30(6)49(89)71-35(16-18-43(82)83)52(92)75-38(21-31-13-10-9-11-14-31)55(95)72-34(15-12-20-67-60(64)65)51(91)74-37(48(63)88)22-32-25-66-27-68-32/h9-11,13-14,25,27-30,33-41,46-47,80H,7-8,12,15-24,26,62H2,1-6H3,(H2,61,81)(H2,63,88)(H,66,68)(H,69,94)(H,70,96)(H,71,89)(H,72,95)(H,73,97)(H,74,91)(H,75,92)(H,76,90)(H,77,99)(H,78,98)(H,79,93)(H,82,83)(H,84,85)(H,86,87)(H4,64,65,67)/t29-,30-,33-,34-,35-,36-,37-,38-,39-,40-,41-,46-,47-/m0/s1. The molecule has 0 unspecified atom stereocenters. The maximum absolute atomic E-state index is 14.3. The van der Waals surface area contributed by atoms with Crippen LogP contribution in [0.4, 0.5) is 0 Å². The van der Waals surface area contributed by atoms with Gasteiger partial charge in [-0.1, -0.05) is 71.4 Å². The summed E-state index contributed by atoms with van der Waals surface area (Å²) in [5, 5.41) is 64.5. The number of hydrogen-bond acceptors (Lipinski definition) is 20. The van der Waals surface area contributed by atoms with Crippen molar-refractivity contribution >= 4 is 101 Å². The molecule has 0 aliphatic rings. The monoisotopic (exact) mass is 1400 g/mol. The number of nitrogens with one attached hydrogen (secondary N) is 12. The van der Waals surface area contributed by atoms with Gasteiger partial charge in [0.05, 0.1) is 31.8 Å². The normalized spacial score (nSPS) is 14.9. The maximum Gasteiger partial charge on any atom is 0.305 e. The number of primary amides is 2. The van der Waals surface area contributed by atoms with E-state index in [4.69, 9.17) is 28.7 Å². The van der Waals surface area contributed by atoms with Gasteiger partial charge >= 0.3 is 17.9 Å². The lowest BCUT2D eigenvalue weighted by atomic mass is 9.99. The lowest BCUT2D eigenvalue weighted by molar-refractivity contribution is -0.142. The number of carbonyl (C=O) groups is 16. The summed E-state index contributed by atoms with van der Waals surface area (Å²) >= 11 is 0. The smallest absolute Gasteiger partial charge is 0.305 e. The molecular formula is C60H93N19O20. The fraction of sp³-hybridized carbons (Fsp3) is 0.567. The van der Waals surface area contributed by atoms with Gasteiger partial charge in [0, 0.05) is 44.1 Å². The molecule has 0 saturated heterocycles. The molecule has 2 aromatic rings. The van der Waals surface area contributed by atoms with Crippen molar-refractivity contribution in [1.29, 1.82) is 0 Å². The molecule has 2 rings (SSSR count). The van der Waals surface area contributed by atoms with Crippen LogP contribution in [0.2, 0.25) is 0 Å². The minimum atomic E-state index is -2.03. The molecule has 548 valence electrons. The van der Waals surface area contributed by atoms with Gasteiger partial charge < -0.3 is 113 Å². The Hall–Kier alpha value is -10.9. The van der Waals surface area contributed by atoms with E-state index in [1.54, 1.807) is 44.2 Å². The molecule has 13 amide bonds. The highest BCUT2D eigenvalue weighted by Gasteiger charge is 2.38. The Balaban J connectivity index is 2.38. The van der Waals surface area contributed by atoms with Gasteiger partial charge in [0.1, 0.15) is 66.5 Å². The summed E-state index contributed by atoms with van der Waals surface area (Å²) in [5.41, 5.74) is 28.8. The van der Waals surface area contributed by atoms with Crippen LogP contribution in [0.3, 0.4) is 0 Å². The molecule has 26 N–H and O–H groups in total. The van der Waals surface area contributed by atoms with Gasteiger partial charge in [-0.3, -0.25) is 81.7 Å². The minimum absolute atomic E-state index is 0.00970. The van der Waals surface area contributed by atoms with Gasteiger partial charge in [-0.2, -0.15) is 0 Å². The molecule has 39 nitrogen and oxygen atoms in total. The molecule has 0 radical (unpaired) electrons. The predicted molar refractivity (Wildman–Crippen MR) is 348 cm³/mol. The topological polar surface area (TPSA) is 658 Å². The third-order valence-corrected chi connectivity index (χ3v) is 15.2. The third-order valence-electron chi connectivity index (χ3n) is 15.2. The SMILES string of the molecule is CC[C@H](NC(=O)[C@H](CC(N)=O)NC(=O)[C@@H](NC(=O)[C@H](CCC(=O)O)NC(=O)[C@H](CO)NC(=O)[C@@H](N)[C@@H](C)CC)C(C)C)C(=O)N[C@@H](CC(=O)O)C(=O)N[C@@H](C)C(=O)N[C@@H](CCC(=O)O)C(=O)N[C@@H](Cc1ccccc1)C(=O)N[C@@H](CCCN=C(N)N)C(=O)N[C@@H](Cc1cnc[nH]1)C(N)=O. The highest BCUT2D eigenvalue weighted by molar-refractivity contribution is 6.01. The summed E-state index contributed by atoms with van der Waals surface area (Å²) in [6, 6.07) is -11.4. The average Bonchev–Trinajstić information content (AvgIpc) is 1.19. The van der Waals surface area contributed by atoms with Crippen LogP contribution < -0.4 is 87.2 Å². The number of aliphatic imine (C=N–C) groups is 1. The molecule has 13 atom stereocenters. The lowest BCUT2D eigenvalue weighted by Crippen LogP contribution is -2.61. The Kier molecular flexibility index (Phi) is 36.3. The number of nitrogens with zero attached hydrogens (tertiary/aromatic N) is 2. The van der Waals surface area contributed by atoms with Crippen molar-refractivity contribution < 1.29 is 97.1 Å². The Morgan fingerprint density at radius 3 is 1.44 bits per heavy atom. The number of guanidine groups is 1. The lowest BCUT2D eigenvalue weighted by Gasteiger charge is -2.28. The highest BCUT2D eigenvalue weighted by atomic mass is 16.4. The van der Waals surface area contributed by atoms with Crippen LogP contribution in [0.5, 0.6) is 0 Å². The van der Waals surface area contributed by atoms with E-state index < -0.39 is 218 Å². The van der Waals surface area contributed by atoms with Gasteiger partial charge in [0.2, 0.25) is 76.8 Å². The van der Waals surface area contributed by atoms with Crippen molar-refractivity contribution in [2.45, 2.75) is 191 Å². The number of aliphatic carboxylic acids is 3. The van der Waals surface area contributed by atoms with Gasteiger partial charge in [-0.05, 0) is 56.4 Å². The van der Waals surface area contributed by atoms with Crippen LogP contribution in [0.1, 0.15) is 117 Å². The molecule has 0 fully saturated rings. The van der Waals surface area contributed by atoms with E-state index in [0.29, 0.717) is 17.7 Å². The number of aromatic amines is 1. The first-order valence-electron chi connectivity index (χ1n) is 31.5. The molecule has 0 spiro atoms. The zero-order valence-electron chi connectivity index (χ0n) is 55.6. The third kappa shape index (κ3) is 30.8. The first-order valence-corrected chi connectivity index (χ1v) is 31.5. The number of amides is 13. The number of nitrogens with two attached hydrogens (primary N) is 5. The summed E-state index contributed by atoms with van der Waals surface area (Å²) < 4.78 is 0. The fourth-order valence-corrected chi connectivity index (χ4v) is 9.23. The molecule has 0 aliphatic heterocycles. The van der Waals surface area contributed by atoms with Crippen LogP contribution in [0, 0.1) is 11.8 Å². The van der Waals surface area contributed by atoms with E-state index >= 15 is 0 Å². The van der Waals surface area contributed by atoms with Crippen molar-refractivity contribution in [2.75, 3.05) is 13.2 Å². The number of rotatable bonds is 46. The summed E-state index contributed by atoms with van der Waals surface area (Å²) in [6.45, 7) is 7.72. The summed E-state index contributed by atoms with van der Waals surface area (Å²) in [4.78, 5) is 222. The van der Waals surface area contributed by atoms with Crippen LogP contribution in [0.15, 0.2) is 47.8 Å². The number of carboxylic acids is 3. The Bertz CT molecular complexity index is 3170. The van der Waals surface area contributed by atoms with Gasteiger partial charge in [0.15, 0.2) is 5.96 Å². The molecule has 0 bridgehead atoms. The van der Waals surface area contributed by atoms with E-state index in [9.17, 15) is 97.1 Å². The molecule has 39 heteroatoms. The summed E-state index contributed by atoms with van der Waals surface area (Å²) in [7, 11) is 0. The number of H-pyrrole nitrogens is 1. The second kappa shape index (κ2) is 42.6. The molecule has 1 heterocycles. The maximum atomic E-state index is 14.3. The number of hydrogen-bond donors (Lipinski definition) is 21. The average molecular weight is 1400 g/mol. The van der Waals surface area contributed by atoms with Gasteiger partial charge in [-0.15, -0.1) is 0 Å². The zero-order valence-corrected chi connectivity index (χ0v) is 55.6.